The van der Waals surface area contributed by atoms with Crippen LogP contribution in [0.4, 0.5) is 0 Å². The Hall–Kier alpha value is -1.14. The fourth-order valence-corrected chi connectivity index (χ4v) is 2.95. The highest BCUT2D eigenvalue weighted by Crippen LogP contribution is 2.19. The predicted molar refractivity (Wildman–Crippen MR) is 75.3 cm³/mol. The van der Waals surface area contributed by atoms with Gasteiger partial charge in [0.1, 0.15) is 0 Å². The van der Waals surface area contributed by atoms with Crippen LogP contribution in [0.5, 0.6) is 0 Å². The second-order valence-electron chi connectivity index (χ2n) is 5.51. The number of methoxy groups -OCH3 is 1. The summed E-state index contributed by atoms with van der Waals surface area (Å²) in [6.45, 7) is 7.62. The molecule has 0 bridgehead atoms. The SMILES string of the molecule is CCN1CCN(C(=O)[C@H]2CCN(CCOC)C2)CC1=O. The van der Waals surface area contributed by atoms with Crippen molar-refractivity contribution in [3.8, 4) is 0 Å². The molecule has 0 spiro atoms. The number of likely N-dealkylation sites (N-methyl/N-ethyl adjacent to an activating group) is 1. The minimum atomic E-state index is 0.0489. The van der Waals surface area contributed by atoms with E-state index >= 15 is 0 Å². The molecule has 2 fully saturated rings. The molecule has 114 valence electrons. The average molecular weight is 283 g/mol. The van der Waals surface area contributed by atoms with Crippen molar-refractivity contribution in [3.63, 3.8) is 0 Å². The van der Waals surface area contributed by atoms with Gasteiger partial charge in [-0.3, -0.25) is 9.59 Å². The fourth-order valence-electron chi connectivity index (χ4n) is 2.95. The second kappa shape index (κ2) is 7.04. The van der Waals surface area contributed by atoms with Gasteiger partial charge in [0.25, 0.3) is 0 Å². The van der Waals surface area contributed by atoms with Crippen molar-refractivity contribution < 1.29 is 14.3 Å². The second-order valence-corrected chi connectivity index (χ2v) is 5.51. The summed E-state index contributed by atoms with van der Waals surface area (Å²) in [5.74, 6) is 0.267. The largest absolute Gasteiger partial charge is 0.383 e. The smallest absolute Gasteiger partial charge is 0.242 e. The third-order valence-corrected chi connectivity index (χ3v) is 4.25. The molecule has 0 aliphatic carbocycles. The number of hydrogen-bond donors (Lipinski definition) is 0. The van der Waals surface area contributed by atoms with Crippen molar-refractivity contribution in [2.24, 2.45) is 5.92 Å². The van der Waals surface area contributed by atoms with Crippen LogP contribution in [0.1, 0.15) is 13.3 Å². The number of amides is 2. The van der Waals surface area contributed by atoms with Gasteiger partial charge in [0.05, 0.1) is 19.1 Å². The van der Waals surface area contributed by atoms with E-state index in [1.165, 1.54) is 0 Å². The summed E-state index contributed by atoms with van der Waals surface area (Å²) in [6.07, 6.45) is 0.894. The molecule has 2 saturated heterocycles. The topological polar surface area (TPSA) is 53.1 Å². The van der Waals surface area contributed by atoms with Gasteiger partial charge in [-0.15, -0.1) is 0 Å². The quantitative estimate of drug-likeness (QED) is 0.692. The van der Waals surface area contributed by atoms with Crippen molar-refractivity contribution in [3.05, 3.63) is 0 Å². The molecule has 2 aliphatic rings. The third-order valence-electron chi connectivity index (χ3n) is 4.25. The number of hydrogen-bond acceptors (Lipinski definition) is 4. The first-order valence-electron chi connectivity index (χ1n) is 7.43. The molecule has 2 aliphatic heterocycles. The Morgan fingerprint density at radius 1 is 1.35 bits per heavy atom. The van der Waals surface area contributed by atoms with Gasteiger partial charge in [-0.25, -0.2) is 0 Å². The van der Waals surface area contributed by atoms with Crippen LogP contribution < -0.4 is 0 Å². The summed E-state index contributed by atoms with van der Waals surface area (Å²) in [5.41, 5.74) is 0. The third kappa shape index (κ3) is 3.49. The summed E-state index contributed by atoms with van der Waals surface area (Å²) < 4.78 is 5.07. The molecule has 0 radical (unpaired) electrons. The first kappa shape index (κ1) is 15.3. The first-order valence-corrected chi connectivity index (χ1v) is 7.43. The molecular weight excluding hydrogens is 258 g/mol. The number of likely N-dealkylation sites (tertiary alicyclic amines) is 1. The van der Waals surface area contributed by atoms with Gasteiger partial charge in [-0.2, -0.15) is 0 Å². The number of piperazine rings is 1. The lowest BCUT2D eigenvalue weighted by atomic mass is 10.1. The van der Waals surface area contributed by atoms with Crippen molar-refractivity contribution in [1.29, 1.82) is 0 Å². The Kier molecular flexibility index (Phi) is 5.37. The minimum absolute atomic E-state index is 0.0489. The normalized spacial score (nSPS) is 24.5. The van der Waals surface area contributed by atoms with Gasteiger partial charge in [0.2, 0.25) is 11.8 Å². The van der Waals surface area contributed by atoms with Gasteiger partial charge in [-0.1, -0.05) is 0 Å². The van der Waals surface area contributed by atoms with Gasteiger partial charge in [-0.05, 0) is 19.9 Å². The molecule has 0 aromatic carbocycles. The van der Waals surface area contributed by atoms with E-state index in [0.29, 0.717) is 19.7 Å². The molecule has 1 atom stereocenters. The Labute approximate surface area is 120 Å². The maximum Gasteiger partial charge on any atom is 0.242 e. The van der Waals surface area contributed by atoms with Crippen LogP contribution in [-0.4, -0.2) is 86.0 Å². The van der Waals surface area contributed by atoms with Gasteiger partial charge in [0.15, 0.2) is 0 Å². The average Bonchev–Trinajstić information content (AvgIpc) is 2.93. The highest BCUT2D eigenvalue weighted by atomic mass is 16.5. The minimum Gasteiger partial charge on any atom is -0.383 e. The molecule has 6 heteroatoms. The van der Waals surface area contributed by atoms with E-state index in [-0.39, 0.29) is 24.3 Å². The van der Waals surface area contributed by atoms with Crippen molar-refractivity contribution in [2.45, 2.75) is 13.3 Å². The highest BCUT2D eigenvalue weighted by molar-refractivity contribution is 5.87. The molecule has 0 N–H and O–H groups in total. The van der Waals surface area contributed by atoms with Crippen molar-refractivity contribution in [1.82, 2.24) is 14.7 Å². The van der Waals surface area contributed by atoms with Crippen molar-refractivity contribution >= 4 is 11.8 Å². The standard InChI is InChI=1S/C14H25N3O3/c1-3-16-6-7-17(11-13(16)18)14(19)12-4-5-15(10-12)8-9-20-2/h12H,3-11H2,1-2H3/t12-/m0/s1. The predicted octanol–water partition coefficient (Wildman–Crippen LogP) is -0.355. The molecule has 0 unspecified atom stereocenters. The van der Waals surface area contributed by atoms with E-state index < -0.39 is 0 Å². The van der Waals surface area contributed by atoms with E-state index in [2.05, 4.69) is 4.90 Å². The van der Waals surface area contributed by atoms with Crippen LogP contribution in [0, 0.1) is 5.92 Å². The number of nitrogens with zero attached hydrogens (tertiary/aromatic N) is 3. The number of ether oxygens (including phenoxy) is 1. The maximum absolute atomic E-state index is 12.5. The number of carbonyl (C=O) groups excluding carboxylic acids is 2. The lowest BCUT2D eigenvalue weighted by molar-refractivity contribution is -0.147. The molecule has 2 amide bonds. The van der Waals surface area contributed by atoms with Gasteiger partial charge in [0, 0.05) is 39.8 Å². The molecule has 20 heavy (non-hydrogen) atoms. The molecule has 2 heterocycles. The maximum atomic E-state index is 12.5. The summed E-state index contributed by atoms with van der Waals surface area (Å²) in [6, 6.07) is 0. The summed E-state index contributed by atoms with van der Waals surface area (Å²) in [7, 11) is 1.69. The molecular formula is C14H25N3O3. The molecule has 2 rings (SSSR count). The van der Waals surface area contributed by atoms with E-state index in [1.807, 2.05) is 11.8 Å². The van der Waals surface area contributed by atoms with Crippen LogP contribution in [0.15, 0.2) is 0 Å². The fraction of sp³-hybridized carbons (Fsp3) is 0.857. The summed E-state index contributed by atoms with van der Waals surface area (Å²) in [4.78, 5) is 30.1. The van der Waals surface area contributed by atoms with E-state index in [0.717, 1.165) is 32.6 Å². The lowest BCUT2D eigenvalue weighted by Crippen LogP contribution is -2.53. The Bertz CT molecular complexity index is 362. The number of carbonyl (C=O) groups is 2. The zero-order valence-electron chi connectivity index (χ0n) is 12.5. The van der Waals surface area contributed by atoms with E-state index in [9.17, 15) is 9.59 Å². The van der Waals surface area contributed by atoms with E-state index in [4.69, 9.17) is 4.74 Å². The Morgan fingerprint density at radius 2 is 2.15 bits per heavy atom. The first-order chi connectivity index (χ1) is 9.65. The van der Waals surface area contributed by atoms with Crippen LogP contribution >= 0.6 is 0 Å². The van der Waals surface area contributed by atoms with E-state index in [1.54, 1.807) is 12.0 Å². The highest BCUT2D eigenvalue weighted by Gasteiger charge is 2.34. The van der Waals surface area contributed by atoms with Crippen LogP contribution in [0.3, 0.4) is 0 Å². The zero-order valence-corrected chi connectivity index (χ0v) is 12.5. The van der Waals surface area contributed by atoms with Crippen LogP contribution in [-0.2, 0) is 14.3 Å². The molecule has 0 aromatic heterocycles. The van der Waals surface area contributed by atoms with Crippen LogP contribution in [0.2, 0.25) is 0 Å². The molecule has 6 nitrogen and oxygen atoms in total. The molecule has 0 saturated carbocycles. The number of rotatable bonds is 5. The Morgan fingerprint density at radius 3 is 2.80 bits per heavy atom. The monoisotopic (exact) mass is 283 g/mol. The Balaban J connectivity index is 1.82. The van der Waals surface area contributed by atoms with Gasteiger partial charge >= 0.3 is 0 Å². The van der Waals surface area contributed by atoms with Gasteiger partial charge < -0.3 is 19.4 Å². The summed E-state index contributed by atoms with van der Waals surface area (Å²) >= 11 is 0. The zero-order chi connectivity index (χ0) is 14.5. The van der Waals surface area contributed by atoms with Crippen molar-refractivity contribution in [2.75, 3.05) is 59.5 Å². The van der Waals surface area contributed by atoms with Crippen LogP contribution in [0.25, 0.3) is 0 Å². The molecule has 0 aromatic rings. The summed E-state index contributed by atoms with van der Waals surface area (Å²) in [5, 5.41) is 0. The lowest BCUT2D eigenvalue weighted by Gasteiger charge is -2.35.